The molecule has 2 heteroatoms. The van der Waals surface area contributed by atoms with Crippen LogP contribution in [0, 0.1) is 12.8 Å². The van der Waals surface area contributed by atoms with Crippen LogP contribution in [0.2, 0.25) is 0 Å². The van der Waals surface area contributed by atoms with Crippen LogP contribution in [0.3, 0.4) is 0 Å². The molecule has 19 heavy (non-hydrogen) atoms. The van der Waals surface area contributed by atoms with Crippen molar-refractivity contribution in [2.75, 3.05) is 20.2 Å². The molecular weight excluding hydrogens is 234 g/mol. The monoisotopic (exact) mass is 263 g/mol. The maximum absolute atomic E-state index is 5.42. The summed E-state index contributed by atoms with van der Waals surface area (Å²) in [7, 11) is 1.80. The maximum Gasteiger partial charge on any atom is 0.0546 e. The molecule has 0 aliphatic carbocycles. The van der Waals surface area contributed by atoms with Crippen LogP contribution in [0.1, 0.15) is 37.8 Å². The molecule has 1 rings (SSSR count). The van der Waals surface area contributed by atoms with Gasteiger partial charge in [0.1, 0.15) is 0 Å². The van der Waals surface area contributed by atoms with Crippen molar-refractivity contribution >= 4 is 0 Å². The highest BCUT2D eigenvalue weighted by molar-refractivity contribution is 5.21. The molecule has 1 N–H and O–H groups in total. The van der Waals surface area contributed by atoms with Crippen LogP contribution < -0.4 is 5.32 Å². The fourth-order valence-corrected chi connectivity index (χ4v) is 2.34. The molecule has 2 atom stereocenters. The Balaban J connectivity index is 2.53. The molecule has 0 aliphatic heterocycles. The van der Waals surface area contributed by atoms with Gasteiger partial charge in [0.25, 0.3) is 0 Å². The third kappa shape index (κ3) is 6.74. The van der Waals surface area contributed by atoms with Gasteiger partial charge in [0, 0.05) is 7.11 Å². The van der Waals surface area contributed by atoms with E-state index in [9.17, 15) is 0 Å². The molecule has 0 radical (unpaired) electrons. The van der Waals surface area contributed by atoms with Crippen LogP contribution in [-0.4, -0.2) is 26.3 Å². The molecule has 0 heterocycles. The number of rotatable bonds is 9. The number of hydrogen-bond acceptors (Lipinski definition) is 2. The number of benzene rings is 1. The molecule has 108 valence electrons. The molecule has 0 aliphatic rings. The average molecular weight is 263 g/mol. The smallest absolute Gasteiger partial charge is 0.0546 e. The van der Waals surface area contributed by atoms with E-state index >= 15 is 0 Å². The summed E-state index contributed by atoms with van der Waals surface area (Å²) in [6.45, 7) is 8.68. The first-order valence-corrected chi connectivity index (χ1v) is 7.44. The molecule has 1 aromatic carbocycles. The minimum Gasteiger partial charge on any atom is -0.382 e. The summed E-state index contributed by atoms with van der Waals surface area (Å²) in [5, 5.41) is 3.54. The van der Waals surface area contributed by atoms with E-state index in [4.69, 9.17) is 4.74 Å². The van der Waals surface area contributed by atoms with E-state index in [0.717, 1.165) is 25.9 Å². The fourth-order valence-electron chi connectivity index (χ4n) is 2.34. The second kappa shape index (κ2) is 9.11. The van der Waals surface area contributed by atoms with E-state index < -0.39 is 0 Å². The summed E-state index contributed by atoms with van der Waals surface area (Å²) in [5.41, 5.74) is 2.76. The molecule has 0 fully saturated rings. The van der Waals surface area contributed by atoms with Crippen LogP contribution in [0.5, 0.6) is 0 Å². The molecule has 0 amide bonds. The number of aryl methyl sites for hydroxylation is 1. The van der Waals surface area contributed by atoms with Gasteiger partial charge in [-0.3, -0.25) is 0 Å². The molecule has 0 spiro atoms. The number of hydrogen-bond donors (Lipinski definition) is 1. The third-order valence-electron chi connectivity index (χ3n) is 3.57. The van der Waals surface area contributed by atoms with Crippen molar-refractivity contribution in [3.63, 3.8) is 0 Å². The fraction of sp³-hybridized carbons (Fsp3) is 0.647. The number of methoxy groups -OCH3 is 1. The summed E-state index contributed by atoms with van der Waals surface area (Å²) in [5.74, 6) is 0.643. The van der Waals surface area contributed by atoms with Gasteiger partial charge in [-0.2, -0.15) is 0 Å². The third-order valence-corrected chi connectivity index (χ3v) is 3.57. The molecule has 0 saturated heterocycles. The zero-order valence-electron chi connectivity index (χ0n) is 12.9. The van der Waals surface area contributed by atoms with Gasteiger partial charge < -0.3 is 10.1 Å². The lowest BCUT2D eigenvalue weighted by Gasteiger charge is -2.21. The van der Waals surface area contributed by atoms with Crippen LogP contribution in [0.4, 0.5) is 0 Å². The van der Waals surface area contributed by atoms with Gasteiger partial charge in [0.05, 0.1) is 6.10 Å². The van der Waals surface area contributed by atoms with E-state index in [-0.39, 0.29) is 0 Å². The SMILES string of the molecule is CCCNCC(Cc1ccc(C)cc1)CC(C)OC. The predicted molar refractivity (Wildman–Crippen MR) is 82.6 cm³/mol. The van der Waals surface area contributed by atoms with E-state index in [1.807, 2.05) is 0 Å². The summed E-state index contributed by atoms with van der Waals surface area (Å²) in [6.07, 6.45) is 3.77. The first kappa shape index (κ1) is 16.2. The summed E-state index contributed by atoms with van der Waals surface area (Å²) >= 11 is 0. The molecule has 0 bridgehead atoms. The molecule has 0 saturated carbocycles. The molecule has 0 aromatic heterocycles. The highest BCUT2D eigenvalue weighted by atomic mass is 16.5. The number of nitrogens with one attached hydrogen (secondary N) is 1. The Morgan fingerprint density at radius 1 is 1.21 bits per heavy atom. The summed E-state index contributed by atoms with van der Waals surface area (Å²) < 4.78 is 5.42. The maximum atomic E-state index is 5.42. The van der Waals surface area contributed by atoms with Gasteiger partial charge in [-0.1, -0.05) is 36.8 Å². The number of ether oxygens (including phenoxy) is 1. The van der Waals surface area contributed by atoms with Crippen molar-refractivity contribution in [1.29, 1.82) is 0 Å². The Kier molecular flexibility index (Phi) is 7.76. The lowest BCUT2D eigenvalue weighted by atomic mass is 9.93. The van der Waals surface area contributed by atoms with E-state index in [1.54, 1.807) is 7.11 Å². The average Bonchev–Trinajstić information content (AvgIpc) is 2.41. The molecule has 1 aromatic rings. The first-order valence-electron chi connectivity index (χ1n) is 7.44. The zero-order chi connectivity index (χ0) is 14.1. The van der Waals surface area contributed by atoms with E-state index in [1.165, 1.54) is 17.5 Å². The first-order chi connectivity index (χ1) is 9.15. The Morgan fingerprint density at radius 2 is 1.89 bits per heavy atom. The Bertz CT molecular complexity index is 334. The van der Waals surface area contributed by atoms with Crippen LogP contribution in [-0.2, 0) is 11.2 Å². The van der Waals surface area contributed by atoms with Crippen molar-refractivity contribution in [2.45, 2.75) is 46.1 Å². The van der Waals surface area contributed by atoms with E-state index in [0.29, 0.717) is 12.0 Å². The van der Waals surface area contributed by atoms with Gasteiger partial charge in [-0.15, -0.1) is 0 Å². The van der Waals surface area contributed by atoms with Crippen LogP contribution in [0.25, 0.3) is 0 Å². The van der Waals surface area contributed by atoms with Gasteiger partial charge in [0.2, 0.25) is 0 Å². The van der Waals surface area contributed by atoms with Crippen molar-refractivity contribution in [1.82, 2.24) is 5.32 Å². The minimum absolute atomic E-state index is 0.332. The predicted octanol–water partition coefficient (Wildman–Crippen LogP) is 3.58. The standard InChI is InChI=1S/C17H29NO/c1-5-10-18-13-17(11-15(3)19-4)12-16-8-6-14(2)7-9-16/h6-9,15,17-18H,5,10-13H2,1-4H3. The van der Waals surface area contributed by atoms with Crippen molar-refractivity contribution < 1.29 is 4.74 Å². The largest absolute Gasteiger partial charge is 0.382 e. The molecular formula is C17H29NO. The molecule has 2 unspecified atom stereocenters. The normalized spacial score (nSPS) is 14.3. The molecule has 2 nitrogen and oxygen atoms in total. The van der Waals surface area contributed by atoms with Crippen LogP contribution >= 0.6 is 0 Å². The second-order valence-electron chi connectivity index (χ2n) is 5.54. The second-order valence-corrected chi connectivity index (χ2v) is 5.54. The highest BCUT2D eigenvalue weighted by Gasteiger charge is 2.13. The Hall–Kier alpha value is -0.860. The van der Waals surface area contributed by atoms with Gasteiger partial charge in [0.15, 0.2) is 0 Å². The van der Waals surface area contributed by atoms with Crippen molar-refractivity contribution in [2.24, 2.45) is 5.92 Å². The van der Waals surface area contributed by atoms with Crippen molar-refractivity contribution in [3.05, 3.63) is 35.4 Å². The van der Waals surface area contributed by atoms with Gasteiger partial charge in [-0.25, -0.2) is 0 Å². The van der Waals surface area contributed by atoms with Gasteiger partial charge >= 0.3 is 0 Å². The Morgan fingerprint density at radius 3 is 2.47 bits per heavy atom. The lowest BCUT2D eigenvalue weighted by Crippen LogP contribution is -2.27. The van der Waals surface area contributed by atoms with Gasteiger partial charge in [-0.05, 0) is 57.7 Å². The minimum atomic E-state index is 0.332. The van der Waals surface area contributed by atoms with Crippen molar-refractivity contribution in [3.8, 4) is 0 Å². The highest BCUT2D eigenvalue weighted by Crippen LogP contribution is 2.16. The Labute approximate surface area is 118 Å². The zero-order valence-corrected chi connectivity index (χ0v) is 12.9. The lowest BCUT2D eigenvalue weighted by molar-refractivity contribution is 0.0946. The van der Waals surface area contributed by atoms with E-state index in [2.05, 4.69) is 50.4 Å². The summed E-state index contributed by atoms with van der Waals surface area (Å²) in [4.78, 5) is 0. The van der Waals surface area contributed by atoms with Crippen LogP contribution in [0.15, 0.2) is 24.3 Å². The topological polar surface area (TPSA) is 21.3 Å². The quantitative estimate of drug-likeness (QED) is 0.688. The summed E-state index contributed by atoms with van der Waals surface area (Å²) in [6, 6.07) is 8.90.